The van der Waals surface area contributed by atoms with Gasteiger partial charge in [0, 0.05) is 0 Å². The van der Waals surface area contributed by atoms with E-state index in [0.717, 1.165) is 0 Å². The molecule has 0 spiro atoms. The van der Waals surface area contributed by atoms with Crippen LogP contribution >= 0.6 is 0 Å². The van der Waals surface area contributed by atoms with Gasteiger partial charge in [-0.15, -0.1) is 0 Å². The van der Waals surface area contributed by atoms with E-state index in [-0.39, 0.29) is 12.5 Å². The summed E-state index contributed by atoms with van der Waals surface area (Å²) in [5.74, 6) is -0.185. The third-order valence-corrected chi connectivity index (χ3v) is 4.03. The van der Waals surface area contributed by atoms with Crippen LogP contribution in [-0.2, 0) is 9.22 Å². The molecule has 0 unspecified atom stereocenters. The lowest BCUT2D eigenvalue weighted by atomic mass is 10.2. The fourth-order valence-electron chi connectivity index (χ4n) is 1.70. The van der Waals surface area contributed by atoms with Gasteiger partial charge in [0.25, 0.3) is 5.91 Å². The predicted octanol–water partition coefficient (Wildman–Crippen LogP) is 3.01. The molecule has 0 aliphatic heterocycles. The summed E-state index contributed by atoms with van der Waals surface area (Å²) >= 11 is 0. The summed E-state index contributed by atoms with van der Waals surface area (Å²) < 4.78 is 11.2. The Kier molecular flexibility index (Phi) is 5.95. The smallest absolute Gasteiger partial charge is 0.312 e. The van der Waals surface area contributed by atoms with Crippen molar-refractivity contribution in [2.45, 2.75) is 39.3 Å². The second-order valence-electron chi connectivity index (χ2n) is 6.98. The van der Waals surface area contributed by atoms with Crippen molar-refractivity contribution in [3.05, 3.63) is 29.8 Å². The Balaban J connectivity index is 2.72. The number of nitrogens with one attached hydrogen (secondary N) is 1. The van der Waals surface area contributed by atoms with Gasteiger partial charge in [0.2, 0.25) is 16.6 Å². The maximum absolute atomic E-state index is 12.2. The van der Waals surface area contributed by atoms with Crippen molar-refractivity contribution in [2.24, 2.45) is 0 Å². The van der Waals surface area contributed by atoms with Crippen molar-refractivity contribution in [1.82, 2.24) is 5.32 Å². The average molecular weight is 340 g/mol. The minimum absolute atomic E-state index is 0.135. The summed E-state index contributed by atoms with van der Waals surface area (Å²) in [6, 6.07) is 7.06. The van der Waals surface area contributed by atoms with Gasteiger partial charge in [0.15, 0.2) is 0 Å². The Bertz CT molecular complexity index is 547. The van der Waals surface area contributed by atoms with Crippen molar-refractivity contribution in [1.29, 1.82) is 0 Å². The first-order valence-corrected chi connectivity index (χ1v) is 14.1. The quantitative estimate of drug-likeness (QED) is 0.809. The molecule has 7 heteroatoms. The highest BCUT2D eigenvalue weighted by Crippen LogP contribution is 2.21. The molecule has 1 aromatic rings. The summed E-state index contributed by atoms with van der Waals surface area (Å²) in [6.45, 7) is 11.8. The first-order valence-electron chi connectivity index (χ1n) is 7.26. The fourth-order valence-corrected chi connectivity index (χ4v) is 3.29. The van der Waals surface area contributed by atoms with Gasteiger partial charge in [-0.2, -0.15) is 0 Å². The van der Waals surface area contributed by atoms with Crippen molar-refractivity contribution in [3.8, 4) is 5.75 Å². The zero-order valence-electron chi connectivity index (χ0n) is 14.1. The lowest BCUT2D eigenvalue weighted by Crippen LogP contribution is -2.37. The third kappa shape index (κ3) is 6.90. The lowest BCUT2D eigenvalue weighted by Gasteiger charge is -2.21. The standard InChI is InChI=1S/C15H25NO4Si2/c1-21(2,3)19-13-10-8-7-9-12(13)15(18)16-11-14(17)20-22(4,5)6/h7-10H,11H2,1-6H3,(H,16,18). The van der Waals surface area contributed by atoms with Gasteiger partial charge in [-0.05, 0) is 51.4 Å². The van der Waals surface area contributed by atoms with Gasteiger partial charge >= 0.3 is 5.97 Å². The molecule has 0 aliphatic rings. The van der Waals surface area contributed by atoms with Crippen LogP contribution in [0.3, 0.4) is 0 Å². The van der Waals surface area contributed by atoms with E-state index in [2.05, 4.69) is 5.32 Å². The molecule has 0 saturated carbocycles. The number of hydrogen-bond acceptors (Lipinski definition) is 4. The summed E-state index contributed by atoms with van der Waals surface area (Å²) in [5, 5.41) is 2.59. The maximum Gasteiger partial charge on any atom is 0.312 e. The van der Waals surface area contributed by atoms with E-state index < -0.39 is 22.6 Å². The topological polar surface area (TPSA) is 64.6 Å². The van der Waals surface area contributed by atoms with Crippen LogP contribution in [0.5, 0.6) is 5.75 Å². The molecule has 5 nitrogen and oxygen atoms in total. The van der Waals surface area contributed by atoms with E-state index in [1.165, 1.54) is 0 Å². The van der Waals surface area contributed by atoms with Crippen LogP contribution in [0.2, 0.25) is 39.3 Å². The van der Waals surface area contributed by atoms with Gasteiger partial charge in [-0.1, -0.05) is 12.1 Å². The van der Waals surface area contributed by atoms with Crippen molar-refractivity contribution >= 4 is 28.5 Å². The normalized spacial score (nSPS) is 11.7. The fraction of sp³-hybridized carbons (Fsp3) is 0.467. The second kappa shape index (κ2) is 7.10. The highest BCUT2D eigenvalue weighted by atomic mass is 28.4. The second-order valence-corrected chi connectivity index (χ2v) is 15.8. The Morgan fingerprint density at radius 2 is 1.59 bits per heavy atom. The van der Waals surface area contributed by atoms with Crippen LogP contribution in [0.25, 0.3) is 0 Å². The maximum atomic E-state index is 12.2. The van der Waals surface area contributed by atoms with Crippen molar-refractivity contribution < 1.29 is 18.4 Å². The number of carbonyl (C=O) groups excluding carboxylic acids is 2. The SMILES string of the molecule is C[Si](C)(C)OC(=O)CNC(=O)c1ccccc1O[Si](C)(C)C. The number of carbonyl (C=O) groups is 2. The largest absolute Gasteiger partial charge is 0.544 e. The van der Waals surface area contributed by atoms with E-state index in [1.54, 1.807) is 18.2 Å². The highest BCUT2D eigenvalue weighted by molar-refractivity contribution is 6.71. The zero-order valence-corrected chi connectivity index (χ0v) is 16.1. The predicted molar refractivity (Wildman–Crippen MR) is 92.2 cm³/mol. The highest BCUT2D eigenvalue weighted by Gasteiger charge is 2.22. The summed E-state index contributed by atoms with van der Waals surface area (Å²) in [6.07, 6.45) is 0. The van der Waals surface area contributed by atoms with E-state index in [4.69, 9.17) is 8.85 Å². The number of para-hydroxylation sites is 1. The van der Waals surface area contributed by atoms with Crippen LogP contribution < -0.4 is 9.74 Å². The minimum atomic E-state index is -1.93. The molecular formula is C15H25NO4Si2. The first-order chi connectivity index (χ1) is 9.98. The Labute approximate surface area is 134 Å². The molecule has 22 heavy (non-hydrogen) atoms. The third-order valence-electron chi connectivity index (χ3n) is 2.36. The van der Waals surface area contributed by atoms with Crippen molar-refractivity contribution in [2.75, 3.05) is 6.54 Å². The summed E-state index contributed by atoms with van der Waals surface area (Å²) in [5.41, 5.74) is 0.436. The number of benzene rings is 1. The van der Waals surface area contributed by atoms with E-state index in [1.807, 2.05) is 45.3 Å². The number of rotatable bonds is 6. The van der Waals surface area contributed by atoms with Crippen molar-refractivity contribution in [3.63, 3.8) is 0 Å². The van der Waals surface area contributed by atoms with Crippen LogP contribution in [0.1, 0.15) is 10.4 Å². The molecular weight excluding hydrogens is 314 g/mol. The Morgan fingerprint density at radius 1 is 1.00 bits per heavy atom. The molecule has 1 aromatic carbocycles. The molecule has 0 fully saturated rings. The molecule has 122 valence electrons. The van der Waals surface area contributed by atoms with Crippen LogP contribution in [-0.4, -0.2) is 35.1 Å². The van der Waals surface area contributed by atoms with Gasteiger partial charge in [0.05, 0.1) is 5.56 Å². The molecule has 0 heterocycles. The average Bonchev–Trinajstić information content (AvgIpc) is 2.32. The van der Waals surface area contributed by atoms with E-state index >= 15 is 0 Å². The molecule has 1 N–H and O–H groups in total. The molecule has 0 aliphatic carbocycles. The van der Waals surface area contributed by atoms with E-state index in [9.17, 15) is 9.59 Å². The molecule has 0 saturated heterocycles. The number of hydrogen-bond donors (Lipinski definition) is 1. The Morgan fingerprint density at radius 3 is 2.14 bits per heavy atom. The van der Waals surface area contributed by atoms with Crippen LogP contribution in [0.15, 0.2) is 24.3 Å². The molecule has 0 radical (unpaired) electrons. The zero-order chi connectivity index (χ0) is 17.0. The molecule has 1 rings (SSSR count). The lowest BCUT2D eigenvalue weighted by molar-refractivity contribution is -0.133. The summed E-state index contributed by atoms with van der Waals surface area (Å²) in [7, 11) is -3.75. The van der Waals surface area contributed by atoms with Crippen LogP contribution in [0, 0.1) is 0 Å². The van der Waals surface area contributed by atoms with Gasteiger partial charge in [0.1, 0.15) is 12.3 Å². The van der Waals surface area contributed by atoms with Gasteiger partial charge < -0.3 is 14.2 Å². The van der Waals surface area contributed by atoms with E-state index in [0.29, 0.717) is 11.3 Å². The first kappa shape index (κ1) is 18.4. The molecule has 0 atom stereocenters. The van der Waals surface area contributed by atoms with Gasteiger partial charge in [-0.3, -0.25) is 9.59 Å². The molecule has 0 bridgehead atoms. The van der Waals surface area contributed by atoms with Gasteiger partial charge in [-0.25, -0.2) is 0 Å². The van der Waals surface area contributed by atoms with Crippen LogP contribution in [0.4, 0.5) is 0 Å². The number of amides is 1. The Hall–Kier alpha value is -1.61. The monoisotopic (exact) mass is 339 g/mol. The summed E-state index contributed by atoms with van der Waals surface area (Å²) in [4.78, 5) is 23.9. The molecule has 0 aromatic heterocycles. The minimum Gasteiger partial charge on any atom is -0.544 e. The molecule has 1 amide bonds.